The van der Waals surface area contributed by atoms with E-state index in [4.69, 9.17) is 18.5 Å². The zero-order valence-corrected chi connectivity index (χ0v) is 18.6. The van der Waals surface area contributed by atoms with Crippen molar-refractivity contribution in [1.29, 1.82) is 0 Å². The molecule has 1 fully saturated rings. The number of hydrogen-bond acceptors (Lipinski definition) is 5. The van der Waals surface area contributed by atoms with Gasteiger partial charge in [-0.05, 0) is 12.8 Å². The van der Waals surface area contributed by atoms with Crippen LogP contribution in [0, 0.1) is 0 Å². The molecule has 0 amide bonds. The van der Waals surface area contributed by atoms with E-state index in [2.05, 4.69) is 0 Å². The van der Waals surface area contributed by atoms with E-state index in [0.717, 1.165) is 12.8 Å². The van der Waals surface area contributed by atoms with Crippen LogP contribution in [0.25, 0.3) is 0 Å². The average molecular weight is 411 g/mol. The summed E-state index contributed by atoms with van der Waals surface area (Å²) in [5.41, 5.74) is 0. The summed E-state index contributed by atoms with van der Waals surface area (Å²) in [5.74, 6) is 0. The Bertz CT molecular complexity index is 419. The normalized spacial score (nSPS) is 21.5. The summed E-state index contributed by atoms with van der Waals surface area (Å²) >= 11 is 0. The van der Waals surface area contributed by atoms with Gasteiger partial charge in [-0.15, -0.1) is 0 Å². The lowest BCUT2D eigenvalue weighted by Crippen LogP contribution is -2.37. The Morgan fingerprint density at radius 1 is 0.963 bits per heavy atom. The molecular weight excluding hydrogens is 369 g/mol. The molecule has 0 radical (unpaired) electrons. The molecule has 0 bridgehead atoms. The van der Waals surface area contributed by atoms with Crippen molar-refractivity contribution in [2.75, 3.05) is 54.6 Å². The summed E-state index contributed by atoms with van der Waals surface area (Å²) < 4.78 is 34.2. The highest BCUT2D eigenvalue weighted by molar-refractivity contribution is 7.47. The molecule has 1 saturated carbocycles. The number of likely N-dealkylation sites (N-methyl/N-ethyl adjacent to an activating group) is 1. The highest BCUT2D eigenvalue weighted by Gasteiger charge is 2.25. The predicted octanol–water partition coefficient (Wildman–Crippen LogP) is 3.75. The lowest BCUT2D eigenvalue weighted by Gasteiger charge is -2.25. The van der Waals surface area contributed by atoms with E-state index in [1.807, 2.05) is 21.1 Å². The van der Waals surface area contributed by atoms with Crippen molar-refractivity contribution in [3.63, 3.8) is 0 Å². The first-order valence-corrected chi connectivity index (χ1v) is 11.8. The van der Waals surface area contributed by atoms with Crippen LogP contribution in [0.3, 0.4) is 0 Å². The van der Waals surface area contributed by atoms with E-state index in [1.165, 1.54) is 44.9 Å². The second-order valence-electron chi connectivity index (χ2n) is 8.48. The summed E-state index contributed by atoms with van der Waals surface area (Å²) in [7, 11) is 3.46. The topological polar surface area (TPSA) is 74.2 Å². The van der Waals surface area contributed by atoms with Gasteiger partial charge in [0.15, 0.2) is 0 Å². The van der Waals surface area contributed by atoms with Gasteiger partial charge in [0.05, 0.1) is 40.5 Å². The van der Waals surface area contributed by atoms with E-state index in [0.29, 0.717) is 17.6 Å². The third kappa shape index (κ3) is 13.7. The third-order valence-corrected chi connectivity index (χ3v) is 5.83. The molecule has 0 aromatic heterocycles. The number of phosphoric acid groups is 1. The minimum atomic E-state index is -4.07. The molecule has 27 heavy (non-hydrogen) atoms. The van der Waals surface area contributed by atoms with Crippen molar-refractivity contribution >= 4 is 7.82 Å². The molecule has 2 atom stereocenters. The minimum absolute atomic E-state index is 0.0264. The standard InChI is InChI=1S/C19H40NO6P/c1-20(2,3)14-15-25-27(21,22)26-17-19(23-4)16-24-18-12-10-8-6-5-7-9-11-13-18/h18-19H,5-17H2,1-4H3/p+1. The van der Waals surface area contributed by atoms with Gasteiger partial charge in [-0.1, -0.05) is 44.9 Å². The Morgan fingerprint density at radius 2 is 1.52 bits per heavy atom. The Balaban J connectivity index is 2.31. The number of ether oxygens (including phenoxy) is 2. The quantitative estimate of drug-likeness (QED) is 0.413. The van der Waals surface area contributed by atoms with Gasteiger partial charge in [-0.25, -0.2) is 4.57 Å². The molecule has 7 nitrogen and oxygen atoms in total. The summed E-state index contributed by atoms with van der Waals surface area (Å²) in [4.78, 5) is 9.81. The molecular formula is C19H41NO6P+. The van der Waals surface area contributed by atoms with Crippen LogP contribution in [0.1, 0.15) is 57.8 Å². The molecule has 0 saturated heterocycles. The van der Waals surface area contributed by atoms with Crippen LogP contribution in [0.4, 0.5) is 0 Å². The van der Waals surface area contributed by atoms with E-state index >= 15 is 0 Å². The van der Waals surface area contributed by atoms with Crippen LogP contribution in [-0.2, 0) is 23.1 Å². The summed E-state index contributed by atoms with van der Waals surface area (Å²) in [6, 6.07) is 0. The molecule has 0 heterocycles. The van der Waals surface area contributed by atoms with Gasteiger partial charge in [0, 0.05) is 7.11 Å². The predicted molar refractivity (Wildman–Crippen MR) is 107 cm³/mol. The monoisotopic (exact) mass is 410 g/mol. The molecule has 1 rings (SSSR count). The highest BCUT2D eigenvalue weighted by atomic mass is 31.2. The van der Waals surface area contributed by atoms with E-state index in [1.54, 1.807) is 7.11 Å². The first-order chi connectivity index (χ1) is 12.7. The number of rotatable bonds is 11. The lowest BCUT2D eigenvalue weighted by atomic mass is 9.99. The average Bonchev–Trinajstić information content (AvgIpc) is 2.59. The molecule has 0 aromatic carbocycles. The fourth-order valence-corrected chi connectivity index (χ4v) is 3.75. The van der Waals surface area contributed by atoms with Crippen LogP contribution < -0.4 is 0 Å². The summed E-state index contributed by atoms with van der Waals surface area (Å²) in [5, 5.41) is 0. The van der Waals surface area contributed by atoms with E-state index in [9.17, 15) is 9.46 Å². The van der Waals surface area contributed by atoms with Crippen molar-refractivity contribution < 1.29 is 32.5 Å². The van der Waals surface area contributed by atoms with Crippen molar-refractivity contribution in [2.24, 2.45) is 0 Å². The smallest absolute Gasteiger partial charge is 0.377 e. The van der Waals surface area contributed by atoms with E-state index in [-0.39, 0.29) is 25.4 Å². The Labute approximate surface area is 165 Å². The second-order valence-corrected chi connectivity index (χ2v) is 9.93. The maximum atomic E-state index is 12.0. The molecule has 1 aliphatic carbocycles. The van der Waals surface area contributed by atoms with Crippen molar-refractivity contribution in [2.45, 2.75) is 70.0 Å². The van der Waals surface area contributed by atoms with Gasteiger partial charge < -0.3 is 18.9 Å². The molecule has 0 spiro atoms. The van der Waals surface area contributed by atoms with Crippen LogP contribution >= 0.6 is 7.82 Å². The Kier molecular flexibility index (Phi) is 12.3. The molecule has 0 aliphatic heterocycles. The highest BCUT2D eigenvalue weighted by Crippen LogP contribution is 2.43. The van der Waals surface area contributed by atoms with Crippen molar-refractivity contribution in [3.05, 3.63) is 0 Å². The zero-order valence-electron chi connectivity index (χ0n) is 17.7. The number of methoxy groups -OCH3 is 1. The molecule has 8 heteroatoms. The fourth-order valence-electron chi connectivity index (χ4n) is 3.01. The molecule has 2 unspecified atom stereocenters. The van der Waals surface area contributed by atoms with Gasteiger partial charge in [0.2, 0.25) is 0 Å². The third-order valence-electron chi connectivity index (χ3n) is 4.84. The number of quaternary nitrogens is 1. The van der Waals surface area contributed by atoms with Crippen LogP contribution in [0.15, 0.2) is 0 Å². The van der Waals surface area contributed by atoms with Crippen molar-refractivity contribution in [3.8, 4) is 0 Å². The summed E-state index contributed by atoms with van der Waals surface area (Å²) in [6.45, 7) is 1.11. The Hall–Kier alpha value is -0.0100. The number of nitrogens with zero attached hydrogens (tertiary/aromatic N) is 1. The minimum Gasteiger partial charge on any atom is -0.377 e. The van der Waals surface area contributed by atoms with E-state index < -0.39 is 7.82 Å². The SMILES string of the molecule is COC(COC1CCCCCCCCC1)COP(=O)(O)OCC[N+](C)(C)C. The van der Waals surface area contributed by atoms with Gasteiger partial charge >= 0.3 is 7.82 Å². The molecule has 0 aromatic rings. The van der Waals surface area contributed by atoms with Gasteiger partial charge in [0.25, 0.3) is 0 Å². The molecule has 1 aliphatic rings. The van der Waals surface area contributed by atoms with Crippen LogP contribution in [0.2, 0.25) is 0 Å². The van der Waals surface area contributed by atoms with Crippen molar-refractivity contribution in [1.82, 2.24) is 0 Å². The first kappa shape index (κ1) is 25.0. The summed E-state index contributed by atoms with van der Waals surface area (Å²) in [6.07, 6.45) is 10.9. The van der Waals surface area contributed by atoms with Gasteiger partial charge in [-0.3, -0.25) is 9.05 Å². The second kappa shape index (κ2) is 13.3. The number of hydrogen-bond donors (Lipinski definition) is 1. The molecule has 162 valence electrons. The van der Waals surface area contributed by atoms with Gasteiger partial charge in [0.1, 0.15) is 19.3 Å². The van der Waals surface area contributed by atoms with Crippen LogP contribution in [0.5, 0.6) is 0 Å². The molecule has 1 N–H and O–H groups in total. The van der Waals surface area contributed by atoms with Crippen LogP contribution in [-0.4, -0.2) is 76.2 Å². The lowest BCUT2D eigenvalue weighted by molar-refractivity contribution is -0.870. The first-order valence-electron chi connectivity index (χ1n) is 10.3. The number of phosphoric ester groups is 1. The largest absolute Gasteiger partial charge is 0.472 e. The maximum absolute atomic E-state index is 12.0. The van der Waals surface area contributed by atoms with Gasteiger partial charge in [-0.2, -0.15) is 0 Å². The zero-order chi connectivity index (χ0) is 20.2. The maximum Gasteiger partial charge on any atom is 0.472 e. The fraction of sp³-hybridized carbons (Fsp3) is 1.00. The Morgan fingerprint density at radius 3 is 2.04 bits per heavy atom.